The lowest BCUT2D eigenvalue weighted by Crippen LogP contribution is -2.51. The second-order valence-electron chi connectivity index (χ2n) is 6.34. The molecule has 1 atom stereocenters. The van der Waals surface area contributed by atoms with Crippen LogP contribution in [0.15, 0.2) is 24.3 Å². The van der Waals surface area contributed by atoms with Crippen LogP contribution in [-0.2, 0) is 0 Å². The van der Waals surface area contributed by atoms with Crippen LogP contribution in [0, 0.1) is 6.92 Å². The zero-order valence-corrected chi connectivity index (χ0v) is 11.8. The molecule has 2 rings (SSSR count). The number of nitrogens with one attached hydrogen (secondary N) is 1. The van der Waals surface area contributed by atoms with Gasteiger partial charge in [0, 0.05) is 30.9 Å². The van der Waals surface area contributed by atoms with Crippen molar-refractivity contribution < 1.29 is 5.11 Å². The van der Waals surface area contributed by atoms with Crippen molar-refractivity contribution in [2.45, 2.75) is 38.8 Å². The van der Waals surface area contributed by atoms with Gasteiger partial charge in [-0.3, -0.25) is 0 Å². The number of nitrogens with zero attached hydrogens (tertiary/aromatic N) is 1. The normalized spacial score (nSPS) is 27.9. The first-order valence-electron chi connectivity index (χ1n) is 6.58. The Hall–Kier alpha value is -1.06. The minimum Gasteiger partial charge on any atom is -0.387 e. The SMILES string of the molecule is Cc1cccc(N2CC(C)(O)CNCC2(C)C)c1. The third-order valence-corrected chi connectivity index (χ3v) is 3.61. The van der Waals surface area contributed by atoms with Crippen molar-refractivity contribution in [3.8, 4) is 0 Å². The Morgan fingerprint density at radius 3 is 2.61 bits per heavy atom. The second kappa shape index (κ2) is 4.56. The smallest absolute Gasteiger partial charge is 0.0917 e. The fraction of sp³-hybridized carbons (Fsp3) is 0.600. The molecule has 1 unspecified atom stereocenters. The van der Waals surface area contributed by atoms with Gasteiger partial charge in [0.2, 0.25) is 0 Å². The molecule has 1 heterocycles. The fourth-order valence-corrected chi connectivity index (χ4v) is 2.58. The van der Waals surface area contributed by atoms with Crippen LogP contribution in [0.25, 0.3) is 0 Å². The predicted octanol–water partition coefficient (Wildman–Crippen LogP) is 1.93. The van der Waals surface area contributed by atoms with E-state index in [0.29, 0.717) is 13.1 Å². The van der Waals surface area contributed by atoms with Crippen molar-refractivity contribution >= 4 is 5.69 Å². The molecule has 1 fully saturated rings. The van der Waals surface area contributed by atoms with Crippen molar-refractivity contribution in [3.05, 3.63) is 29.8 Å². The molecule has 1 aliphatic heterocycles. The molecule has 18 heavy (non-hydrogen) atoms. The van der Waals surface area contributed by atoms with Gasteiger partial charge in [0.05, 0.1) is 5.60 Å². The van der Waals surface area contributed by atoms with E-state index >= 15 is 0 Å². The van der Waals surface area contributed by atoms with E-state index in [4.69, 9.17) is 0 Å². The molecule has 1 aliphatic rings. The van der Waals surface area contributed by atoms with Crippen molar-refractivity contribution in [2.24, 2.45) is 0 Å². The Morgan fingerprint density at radius 1 is 1.22 bits per heavy atom. The number of hydrogen-bond acceptors (Lipinski definition) is 3. The monoisotopic (exact) mass is 248 g/mol. The molecule has 0 saturated carbocycles. The largest absolute Gasteiger partial charge is 0.387 e. The summed E-state index contributed by atoms with van der Waals surface area (Å²) in [6.07, 6.45) is 0. The number of β-amino-alcohol motifs (C(OH)–C–C–N with tert-alkyl or cyclic N) is 1. The molecule has 1 aromatic carbocycles. The Kier molecular flexibility index (Phi) is 3.39. The van der Waals surface area contributed by atoms with Crippen molar-refractivity contribution in [3.63, 3.8) is 0 Å². The molecule has 1 saturated heterocycles. The van der Waals surface area contributed by atoms with Gasteiger partial charge in [-0.25, -0.2) is 0 Å². The number of anilines is 1. The van der Waals surface area contributed by atoms with E-state index in [2.05, 4.69) is 55.3 Å². The van der Waals surface area contributed by atoms with Crippen LogP contribution in [0.4, 0.5) is 5.69 Å². The summed E-state index contributed by atoms with van der Waals surface area (Å²) in [5.74, 6) is 0. The molecule has 0 bridgehead atoms. The molecular formula is C15H24N2O. The van der Waals surface area contributed by atoms with Gasteiger partial charge in [-0.1, -0.05) is 12.1 Å². The van der Waals surface area contributed by atoms with Crippen LogP contribution < -0.4 is 10.2 Å². The highest BCUT2D eigenvalue weighted by molar-refractivity contribution is 5.51. The Labute approximate surface area is 110 Å². The standard InChI is InChI=1S/C15H24N2O/c1-12-6-5-7-13(8-12)17-11-15(4,18)10-16-9-14(17,2)3/h5-8,16,18H,9-11H2,1-4H3. The highest BCUT2D eigenvalue weighted by atomic mass is 16.3. The van der Waals surface area contributed by atoms with E-state index in [1.807, 2.05) is 6.92 Å². The molecule has 3 heteroatoms. The van der Waals surface area contributed by atoms with Crippen molar-refractivity contribution in [1.82, 2.24) is 5.32 Å². The molecule has 0 aromatic heterocycles. The molecular weight excluding hydrogens is 224 g/mol. The number of benzene rings is 1. The highest BCUT2D eigenvalue weighted by Gasteiger charge is 2.36. The van der Waals surface area contributed by atoms with Gasteiger partial charge in [-0.05, 0) is 45.4 Å². The first-order chi connectivity index (χ1) is 8.30. The highest BCUT2D eigenvalue weighted by Crippen LogP contribution is 2.28. The summed E-state index contributed by atoms with van der Waals surface area (Å²) in [6.45, 7) is 10.6. The molecule has 0 spiro atoms. The molecule has 100 valence electrons. The molecule has 3 nitrogen and oxygen atoms in total. The maximum atomic E-state index is 10.4. The number of aliphatic hydroxyl groups is 1. The van der Waals surface area contributed by atoms with E-state index in [1.54, 1.807) is 0 Å². The first kappa shape index (κ1) is 13.4. The summed E-state index contributed by atoms with van der Waals surface area (Å²) in [7, 11) is 0. The zero-order chi connectivity index (χ0) is 13.4. The fourth-order valence-electron chi connectivity index (χ4n) is 2.58. The quantitative estimate of drug-likeness (QED) is 0.797. The topological polar surface area (TPSA) is 35.5 Å². The lowest BCUT2D eigenvalue weighted by molar-refractivity contribution is 0.0720. The first-order valence-corrected chi connectivity index (χ1v) is 6.58. The summed E-state index contributed by atoms with van der Waals surface area (Å²) in [4.78, 5) is 2.31. The third-order valence-electron chi connectivity index (χ3n) is 3.61. The molecule has 1 aromatic rings. The number of hydrogen-bond donors (Lipinski definition) is 2. The van der Waals surface area contributed by atoms with Crippen LogP contribution in [0.5, 0.6) is 0 Å². The second-order valence-corrected chi connectivity index (χ2v) is 6.34. The number of rotatable bonds is 1. The van der Waals surface area contributed by atoms with Crippen LogP contribution in [-0.4, -0.2) is 35.9 Å². The average Bonchev–Trinajstić information content (AvgIpc) is 2.35. The van der Waals surface area contributed by atoms with Crippen molar-refractivity contribution in [2.75, 3.05) is 24.5 Å². The predicted molar refractivity (Wildman–Crippen MR) is 76.1 cm³/mol. The molecule has 0 amide bonds. The van der Waals surface area contributed by atoms with E-state index in [1.165, 1.54) is 11.3 Å². The maximum absolute atomic E-state index is 10.4. The van der Waals surface area contributed by atoms with E-state index in [-0.39, 0.29) is 5.54 Å². The van der Waals surface area contributed by atoms with Gasteiger partial charge in [-0.15, -0.1) is 0 Å². The van der Waals surface area contributed by atoms with Crippen molar-refractivity contribution in [1.29, 1.82) is 0 Å². The van der Waals surface area contributed by atoms with Crippen LogP contribution in [0.2, 0.25) is 0 Å². The molecule has 0 aliphatic carbocycles. The zero-order valence-electron chi connectivity index (χ0n) is 11.8. The minimum atomic E-state index is -0.697. The average molecular weight is 248 g/mol. The van der Waals surface area contributed by atoms with Gasteiger partial charge in [-0.2, -0.15) is 0 Å². The third kappa shape index (κ3) is 2.85. The van der Waals surface area contributed by atoms with Gasteiger partial charge in [0.15, 0.2) is 0 Å². The molecule has 2 N–H and O–H groups in total. The lowest BCUT2D eigenvalue weighted by Gasteiger charge is -2.41. The Balaban J connectivity index is 2.37. The maximum Gasteiger partial charge on any atom is 0.0917 e. The summed E-state index contributed by atoms with van der Waals surface area (Å²) in [5.41, 5.74) is 1.73. The lowest BCUT2D eigenvalue weighted by atomic mass is 9.99. The summed E-state index contributed by atoms with van der Waals surface area (Å²) in [6, 6.07) is 8.48. The minimum absolute atomic E-state index is 0.00567. The van der Waals surface area contributed by atoms with Gasteiger partial charge < -0.3 is 15.3 Å². The van der Waals surface area contributed by atoms with E-state index < -0.39 is 5.60 Å². The van der Waals surface area contributed by atoms with Crippen LogP contribution in [0.3, 0.4) is 0 Å². The Morgan fingerprint density at radius 2 is 1.94 bits per heavy atom. The summed E-state index contributed by atoms with van der Waals surface area (Å²) >= 11 is 0. The van der Waals surface area contributed by atoms with Crippen LogP contribution >= 0.6 is 0 Å². The van der Waals surface area contributed by atoms with E-state index in [0.717, 1.165) is 6.54 Å². The van der Waals surface area contributed by atoms with E-state index in [9.17, 15) is 5.11 Å². The van der Waals surface area contributed by atoms with Crippen LogP contribution in [0.1, 0.15) is 26.3 Å². The van der Waals surface area contributed by atoms with Gasteiger partial charge in [0.25, 0.3) is 0 Å². The summed E-state index contributed by atoms with van der Waals surface area (Å²) in [5, 5.41) is 13.7. The van der Waals surface area contributed by atoms with Gasteiger partial charge in [0.1, 0.15) is 0 Å². The molecule has 0 radical (unpaired) electrons. The number of aryl methyl sites for hydroxylation is 1. The summed E-state index contributed by atoms with van der Waals surface area (Å²) < 4.78 is 0. The Bertz CT molecular complexity index is 426. The van der Waals surface area contributed by atoms with Gasteiger partial charge >= 0.3 is 0 Å².